The molecule has 0 fully saturated rings. The first kappa shape index (κ1) is 43.4. The summed E-state index contributed by atoms with van der Waals surface area (Å²) in [6, 6.07) is 106. The number of nitrogens with zero attached hydrogens (tertiary/aromatic N) is 2. The van der Waals surface area contributed by atoms with Gasteiger partial charge in [-0.15, -0.1) is 0 Å². The number of rotatable bonds is 10. The van der Waals surface area contributed by atoms with Crippen LogP contribution in [-0.2, 0) is 10.8 Å². The van der Waals surface area contributed by atoms with Crippen LogP contribution in [0.4, 0.5) is 17.1 Å². The Balaban J connectivity index is 0.900. The summed E-state index contributed by atoms with van der Waals surface area (Å²) in [4.78, 5) is 1.92. The molecule has 2 aliphatic carbocycles. The molecule has 2 aliphatic rings. The van der Waals surface area contributed by atoms with Crippen molar-refractivity contribution >= 4 is 38.9 Å². The smallest absolute Gasteiger partial charge is 0.0713 e. The van der Waals surface area contributed by atoms with Crippen LogP contribution in [0.25, 0.3) is 72.0 Å². The van der Waals surface area contributed by atoms with E-state index in [1.165, 1.54) is 33.4 Å². The molecule has 2 nitrogen and oxygen atoms in total. The first-order chi connectivity index (χ1) is 42.3. The van der Waals surface area contributed by atoms with Crippen molar-refractivity contribution in [3.8, 4) is 50.2 Å². The molecule has 0 aliphatic heterocycles. The van der Waals surface area contributed by atoms with E-state index < -0.39 is 10.8 Å². The van der Waals surface area contributed by atoms with Crippen LogP contribution in [0, 0.1) is 0 Å². The first-order valence-corrected chi connectivity index (χ1v) is 28.2. The molecule has 0 atom stereocenters. The number of hydrogen-bond donors (Lipinski definition) is 0. The molecule has 1 heterocycles. The van der Waals surface area contributed by atoms with E-state index in [9.17, 15) is 5.48 Å². The van der Waals surface area contributed by atoms with Gasteiger partial charge in [-0.2, -0.15) is 0 Å². The summed E-state index contributed by atoms with van der Waals surface area (Å²) in [6.45, 7) is 0. The van der Waals surface area contributed by atoms with E-state index in [4.69, 9.17) is 0 Å². The SMILES string of the molecule is [2H]c1c([2H])c(N(c2ccc(-c3ccccc3)cc2)c2ccc3c(c2)-c2ccccc2C3(c2ccccc2)c2ccccc2)c([2H])c([2H])c1-c1ccc2c(c1)c1cc(C3(c4ccccc4)c4ccccc4-c4ccccc43)ccc1n2-c1ccccc1. The normalized spacial score (nSPS) is 14.0. The number of benzene rings is 13. The van der Waals surface area contributed by atoms with Crippen molar-refractivity contribution in [1.82, 2.24) is 4.57 Å². The third-order valence-corrected chi connectivity index (χ3v) is 17.4. The molecule has 0 unspecified atom stereocenters. The average molecular weight is 1050 g/mol. The standard InChI is InChI=1S/C80H54N2/c1-6-22-55(23-7-1)56-38-44-64(45-39-56)81(66-48-49-76-70(54-66)69-34-18-21-37-75(69)79(76,59-24-8-2-9-25-59)60-26-10-3-11-27-60)65-46-40-57(41-47-65)58-42-50-77-71(52-58)72-53-62(43-51-78(72)82(77)63-30-14-5-15-31-63)80(61-28-12-4-13-29-61)73-35-19-16-32-67(73)68-33-17-20-36-74(68)80/h1-54H/i40D,41D,46D,47D. The van der Waals surface area contributed by atoms with E-state index in [1.807, 2.05) is 47.4 Å². The van der Waals surface area contributed by atoms with Crippen LogP contribution in [0.1, 0.15) is 50.0 Å². The van der Waals surface area contributed by atoms with Crippen LogP contribution in [0.5, 0.6) is 0 Å². The Kier molecular flexibility index (Phi) is 10.1. The Labute approximate surface area is 484 Å². The number of para-hydroxylation sites is 1. The number of fused-ring (bicyclic) bond motifs is 9. The number of aromatic nitrogens is 1. The zero-order valence-electron chi connectivity index (χ0n) is 48.8. The lowest BCUT2D eigenvalue weighted by Crippen LogP contribution is -2.28. The molecule has 13 aromatic carbocycles. The maximum atomic E-state index is 10.2. The Bertz CT molecular complexity index is 4850. The highest BCUT2D eigenvalue weighted by atomic mass is 15.1. The molecule has 0 amide bonds. The predicted octanol–water partition coefficient (Wildman–Crippen LogP) is 20.3. The minimum absolute atomic E-state index is 0.125. The Morgan fingerprint density at radius 1 is 0.268 bits per heavy atom. The van der Waals surface area contributed by atoms with Crippen LogP contribution in [0.15, 0.2) is 327 Å². The number of hydrogen-bond acceptors (Lipinski definition) is 1. The largest absolute Gasteiger partial charge is 0.310 e. The van der Waals surface area contributed by atoms with Crippen molar-refractivity contribution in [2.24, 2.45) is 0 Å². The highest BCUT2D eigenvalue weighted by molar-refractivity contribution is 6.11. The van der Waals surface area contributed by atoms with Gasteiger partial charge in [-0.1, -0.05) is 255 Å². The summed E-state index contributed by atoms with van der Waals surface area (Å²) >= 11 is 0. The van der Waals surface area contributed by atoms with Gasteiger partial charge in [-0.05, 0) is 162 Å². The Morgan fingerprint density at radius 2 is 0.683 bits per heavy atom. The maximum absolute atomic E-state index is 10.2. The zero-order chi connectivity index (χ0) is 57.7. The number of anilines is 3. The lowest BCUT2D eigenvalue weighted by Gasteiger charge is -2.34. The molecule has 0 N–H and O–H groups in total. The summed E-state index contributed by atoms with van der Waals surface area (Å²) in [5, 5.41) is 1.95. The molecule has 0 bridgehead atoms. The molecular weight excluding hydrogens is 989 g/mol. The van der Waals surface area contributed by atoms with E-state index in [-0.39, 0.29) is 35.4 Å². The highest BCUT2D eigenvalue weighted by Crippen LogP contribution is 2.59. The Hall–Kier alpha value is -10.5. The van der Waals surface area contributed by atoms with Crippen LogP contribution in [-0.4, -0.2) is 4.57 Å². The maximum Gasteiger partial charge on any atom is 0.0713 e. The van der Waals surface area contributed by atoms with E-state index in [2.05, 4.69) is 265 Å². The minimum Gasteiger partial charge on any atom is -0.310 e. The van der Waals surface area contributed by atoms with Gasteiger partial charge in [0.05, 0.1) is 27.3 Å². The van der Waals surface area contributed by atoms with Crippen molar-refractivity contribution in [3.05, 3.63) is 372 Å². The summed E-state index contributed by atoms with van der Waals surface area (Å²) in [6.07, 6.45) is 0. The van der Waals surface area contributed by atoms with E-state index in [1.54, 1.807) is 0 Å². The summed E-state index contributed by atoms with van der Waals surface area (Å²) in [5.74, 6) is 0. The fraction of sp³-hybridized carbons (Fsp3) is 0.0250. The van der Waals surface area contributed by atoms with Gasteiger partial charge < -0.3 is 9.47 Å². The van der Waals surface area contributed by atoms with Crippen LogP contribution in [0.3, 0.4) is 0 Å². The van der Waals surface area contributed by atoms with Crippen LogP contribution >= 0.6 is 0 Å². The van der Waals surface area contributed by atoms with Gasteiger partial charge in [0.2, 0.25) is 0 Å². The highest BCUT2D eigenvalue weighted by Gasteiger charge is 2.47. The second-order valence-electron chi connectivity index (χ2n) is 21.6. The lowest BCUT2D eigenvalue weighted by molar-refractivity contribution is 0.768. The molecule has 16 rings (SSSR count). The molecule has 2 heteroatoms. The lowest BCUT2D eigenvalue weighted by atomic mass is 9.67. The zero-order valence-corrected chi connectivity index (χ0v) is 44.8. The third kappa shape index (κ3) is 7.14. The molecule has 14 aromatic rings. The van der Waals surface area contributed by atoms with E-state index in [0.717, 1.165) is 72.0 Å². The van der Waals surface area contributed by atoms with Gasteiger partial charge in [0.1, 0.15) is 0 Å². The van der Waals surface area contributed by atoms with Crippen LogP contribution < -0.4 is 4.90 Å². The van der Waals surface area contributed by atoms with Crippen molar-refractivity contribution < 1.29 is 5.48 Å². The summed E-state index contributed by atoms with van der Waals surface area (Å²) in [5.41, 5.74) is 20.1. The van der Waals surface area contributed by atoms with E-state index in [0.29, 0.717) is 16.9 Å². The van der Waals surface area contributed by atoms with Crippen molar-refractivity contribution in [3.63, 3.8) is 0 Å². The quantitative estimate of drug-likeness (QED) is 0.133. The van der Waals surface area contributed by atoms with Crippen molar-refractivity contribution in [1.29, 1.82) is 0 Å². The fourth-order valence-corrected chi connectivity index (χ4v) is 14.0. The fourth-order valence-electron chi connectivity index (χ4n) is 14.0. The summed E-state index contributed by atoms with van der Waals surface area (Å²) in [7, 11) is 0. The topological polar surface area (TPSA) is 8.17 Å². The van der Waals surface area contributed by atoms with E-state index >= 15 is 0 Å². The molecule has 384 valence electrons. The monoisotopic (exact) mass is 1050 g/mol. The molecule has 82 heavy (non-hydrogen) atoms. The summed E-state index contributed by atoms with van der Waals surface area (Å²) < 4.78 is 43.0. The molecule has 0 radical (unpaired) electrons. The molecule has 0 saturated carbocycles. The van der Waals surface area contributed by atoms with Gasteiger partial charge in [0.25, 0.3) is 0 Å². The molecule has 0 saturated heterocycles. The van der Waals surface area contributed by atoms with Gasteiger partial charge in [-0.25, -0.2) is 0 Å². The third-order valence-electron chi connectivity index (χ3n) is 17.4. The van der Waals surface area contributed by atoms with Crippen LogP contribution in [0.2, 0.25) is 0 Å². The predicted molar refractivity (Wildman–Crippen MR) is 341 cm³/mol. The average Bonchev–Trinajstić information content (AvgIpc) is 1.58. The van der Waals surface area contributed by atoms with Gasteiger partial charge in [-0.3, -0.25) is 0 Å². The van der Waals surface area contributed by atoms with Crippen molar-refractivity contribution in [2.75, 3.05) is 4.90 Å². The minimum atomic E-state index is -0.636. The first-order valence-electron chi connectivity index (χ1n) is 30.2. The van der Waals surface area contributed by atoms with Crippen molar-refractivity contribution in [2.45, 2.75) is 10.8 Å². The molecule has 1 aromatic heterocycles. The van der Waals surface area contributed by atoms with Gasteiger partial charge >= 0.3 is 0 Å². The Morgan fingerprint density at radius 3 is 1.24 bits per heavy atom. The second-order valence-corrected chi connectivity index (χ2v) is 21.6. The van der Waals surface area contributed by atoms with Gasteiger partial charge in [0.15, 0.2) is 0 Å². The molecular formula is C80H54N2. The molecule has 0 spiro atoms. The second kappa shape index (κ2) is 19.1. The van der Waals surface area contributed by atoms with Gasteiger partial charge in [0, 0.05) is 33.5 Å².